The van der Waals surface area contributed by atoms with Crippen molar-refractivity contribution in [3.8, 4) is 11.5 Å². The zero-order chi connectivity index (χ0) is 35.3. The fraction of sp³-hybridized carbons (Fsp3) is 0.316. The van der Waals surface area contributed by atoms with Gasteiger partial charge in [0.1, 0.15) is 11.5 Å². The first-order valence-electron chi connectivity index (χ1n) is 16.2. The fourth-order valence-electron chi connectivity index (χ4n) is 5.45. The van der Waals surface area contributed by atoms with Crippen LogP contribution in [0.3, 0.4) is 0 Å². The molecule has 0 aliphatic carbocycles. The van der Waals surface area contributed by atoms with Crippen LogP contribution in [0.1, 0.15) is 36.1 Å². The molecule has 4 amide bonds. The average Bonchev–Trinajstić information content (AvgIpc) is 3.49. The number of halogens is 3. The van der Waals surface area contributed by atoms with Crippen LogP contribution in [-0.4, -0.2) is 56.7 Å². The van der Waals surface area contributed by atoms with E-state index in [1.54, 1.807) is 19.1 Å². The summed E-state index contributed by atoms with van der Waals surface area (Å²) in [5, 5.41) is 2.95. The van der Waals surface area contributed by atoms with E-state index in [2.05, 4.69) is 57.1 Å². The Hall–Kier alpha value is -3.73. The minimum atomic E-state index is -0.173. The number of carbonyl (C=O) groups is 2. The number of benzene rings is 4. The summed E-state index contributed by atoms with van der Waals surface area (Å²) >= 11 is 13.0. The number of nitrogens with one attached hydrogen (secondary N) is 1. The van der Waals surface area contributed by atoms with E-state index in [1.807, 2.05) is 88.7 Å². The number of carbonyl (C=O) groups excluding carboxylic acids is 2. The van der Waals surface area contributed by atoms with E-state index < -0.39 is 0 Å². The number of alkyl halides is 1. The number of methoxy groups -OCH3 is 2. The first-order valence-corrected chi connectivity index (χ1v) is 18.3. The van der Waals surface area contributed by atoms with E-state index in [0.29, 0.717) is 32.1 Å². The monoisotopic (exact) mass is 812 g/mol. The second-order valence-electron chi connectivity index (χ2n) is 11.3. The second-order valence-corrected chi connectivity index (χ2v) is 13.4. The van der Waals surface area contributed by atoms with Gasteiger partial charge in [-0.2, -0.15) is 0 Å². The Morgan fingerprint density at radius 1 is 0.837 bits per heavy atom. The van der Waals surface area contributed by atoms with Crippen LogP contribution >= 0.6 is 43.5 Å². The van der Waals surface area contributed by atoms with Crippen molar-refractivity contribution >= 4 is 66.9 Å². The number of urea groups is 2. The Kier molecular flexibility index (Phi) is 14.7. The summed E-state index contributed by atoms with van der Waals surface area (Å²) < 4.78 is 12.6. The van der Waals surface area contributed by atoms with Crippen molar-refractivity contribution < 1.29 is 19.1 Å². The Morgan fingerprint density at radius 2 is 1.45 bits per heavy atom. The minimum absolute atomic E-state index is 0.0576. The van der Waals surface area contributed by atoms with Gasteiger partial charge in [0.2, 0.25) is 0 Å². The summed E-state index contributed by atoms with van der Waals surface area (Å²) in [6.07, 6.45) is 1.82. The Labute approximate surface area is 311 Å². The molecule has 8 nitrogen and oxygen atoms in total. The number of anilines is 2. The first kappa shape index (κ1) is 38.1. The topological polar surface area (TPSA) is 74.4 Å². The third kappa shape index (κ3) is 10.4. The summed E-state index contributed by atoms with van der Waals surface area (Å²) in [5.41, 5.74) is 6.22. The molecule has 0 saturated carbocycles. The van der Waals surface area contributed by atoms with Crippen molar-refractivity contribution in [1.29, 1.82) is 0 Å². The molecule has 49 heavy (non-hydrogen) atoms. The standard InChI is InChI=1S/C19H22BrClN2O2.C19H21BrN2O2/c1-3-15-12-16(7-8-18(15)20)23(10-9-21)19(24)22-13-14-5-4-6-17(11-14)25-2;1-3-15-12-16(7-8-18(15)20)22-10-9-21(19(22)23)13-14-5-4-6-17(11-14)24-2/h4-8,11-12H,3,9-10,13H2,1-2H3,(H,22,24);4-8,11-12H,3,9-10,13H2,1-2H3. The fourth-order valence-corrected chi connectivity index (χ4v) is 6.67. The molecule has 0 unspecified atom stereocenters. The Bertz CT molecular complexity index is 1720. The third-order valence-corrected chi connectivity index (χ3v) is 9.89. The smallest absolute Gasteiger partial charge is 0.324 e. The van der Waals surface area contributed by atoms with Crippen LogP contribution in [0.4, 0.5) is 21.0 Å². The highest BCUT2D eigenvalue weighted by atomic mass is 79.9. The van der Waals surface area contributed by atoms with Gasteiger partial charge in [-0.3, -0.25) is 9.80 Å². The molecule has 1 heterocycles. The van der Waals surface area contributed by atoms with Gasteiger partial charge in [-0.1, -0.05) is 70.0 Å². The lowest BCUT2D eigenvalue weighted by Gasteiger charge is -2.23. The molecule has 0 aromatic heterocycles. The van der Waals surface area contributed by atoms with Crippen molar-refractivity contribution in [2.45, 2.75) is 39.8 Å². The van der Waals surface area contributed by atoms with E-state index in [9.17, 15) is 9.59 Å². The third-order valence-electron chi connectivity index (χ3n) is 8.18. The van der Waals surface area contributed by atoms with E-state index >= 15 is 0 Å². The summed E-state index contributed by atoms with van der Waals surface area (Å²) in [4.78, 5) is 30.8. The maximum Gasteiger partial charge on any atom is 0.324 e. The van der Waals surface area contributed by atoms with Gasteiger partial charge >= 0.3 is 12.1 Å². The van der Waals surface area contributed by atoms with Crippen LogP contribution in [0.5, 0.6) is 11.5 Å². The van der Waals surface area contributed by atoms with Crippen LogP contribution in [0.25, 0.3) is 0 Å². The molecule has 4 aromatic carbocycles. The van der Waals surface area contributed by atoms with Gasteiger partial charge in [-0.25, -0.2) is 9.59 Å². The van der Waals surface area contributed by atoms with E-state index in [4.69, 9.17) is 21.1 Å². The quantitative estimate of drug-likeness (QED) is 0.145. The highest BCUT2D eigenvalue weighted by Gasteiger charge is 2.29. The average molecular weight is 815 g/mol. The number of rotatable bonds is 12. The number of amides is 4. The maximum absolute atomic E-state index is 12.8. The van der Waals surface area contributed by atoms with Crippen molar-refractivity contribution in [3.63, 3.8) is 0 Å². The summed E-state index contributed by atoms with van der Waals surface area (Å²) in [6.45, 7) is 7.11. The van der Waals surface area contributed by atoms with Crippen molar-refractivity contribution in [3.05, 3.63) is 116 Å². The summed E-state index contributed by atoms with van der Waals surface area (Å²) in [7, 11) is 3.28. The number of hydrogen-bond donors (Lipinski definition) is 1. The highest BCUT2D eigenvalue weighted by molar-refractivity contribution is 9.10. The van der Waals surface area contributed by atoms with Crippen LogP contribution in [0.15, 0.2) is 93.9 Å². The van der Waals surface area contributed by atoms with Crippen LogP contribution in [-0.2, 0) is 25.9 Å². The summed E-state index contributed by atoms with van der Waals surface area (Å²) in [5.74, 6) is 1.95. The van der Waals surface area contributed by atoms with Crippen LogP contribution < -0.4 is 24.6 Å². The Balaban J connectivity index is 0.000000221. The van der Waals surface area contributed by atoms with Gasteiger partial charge in [-0.15, -0.1) is 11.6 Å². The minimum Gasteiger partial charge on any atom is -0.497 e. The highest BCUT2D eigenvalue weighted by Crippen LogP contribution is 2.28. The molecule has 1 aliphatic heterocycles. The van der Waals surface area contributed by atoms with Crippen LogP contribution in [0.2, 0.25) is 0 Å². The number of ether oxygens (including phenoxy) is 2. The maximum atomic E-state index is 12.8. The van der Waals surface area contributed by atoms with Gasteiger partial charge in [0.15, 0.2) is 0 Å². The molecular weight excluding hydrogens is 772 g/mol. The zero-order valence-corrected chi connectivity index (χ0v) is 32.3. The molecule has 1 aliphatic rings. The lowest BCUT2D eigenvalue weighted by molar-refractivity contribution is 0.218. The second kappa shape index (κ2) is 18.9. The number of nitrogens with zero attached hydrogens (tertiary/aromatic N) is 3. The molecule has 1 fully saturated rings. The zero-order valence-electron chi connectivity index (χ0n) is 28.3. The van der Waals surface area contributed by atoms with E-state index in [0.717, 1.165) is 67.9 Å². The molecule has 1 N–H and O–H groups in total. The van der Waals surface area contributed by atoms with Gasteiger partial charge in [0.05, 0.1) is 14.2 Å². The predicted octanol–water partition coefficient (Wildman–Crippen LogP) is 9.44. The van der Waals surface area contributed by atoms with Gasteiger partial charge in [0.25, 0.3) is 0 Å². The summed E-state index contributed by atoms with van der Waals surface area (Å²) in [6, 6.07) is 27.4. The molecule has 4 aromatic rings. The van der Waals surface area contributed by atoms with E-state index in [1.165, 1.54) is 5.56 Å². The SMILES string of the molecule is CCc1cc(N(CCCl)C(=O)NCc2cccc(OC)c2)ccc1Br.CCc1cc(N2CCN(Cc3cccc(OC)c3)C2=O)ccc1Br. The lowest BCUT2D eigenvalue weighted by atomic mass is 10.1. The van der Waals surface area contributed by atoms with Crippen molar-refractivity contribution in [2.75, 3.05) is 49.5 Å². The molecule has 260 valence electrons. The molecule has 5 rings (SSSR count). The normalized spacial score (nSPS) is 12.3. The first-order chi connectivity index (χ1) is 23.7. The molecular formula is C38H43Br2ClN4O4. The largest absolute Gasteiger partial charge is 0.497 e. The van der Waals surface area contributed by atoms with Crippen molar-refractivity contribution in [1.82, 2.24) is 10.2 Å². The van der Waals surface area contributed by atoms with Gasteiger partial charge < -0.3 is 19.7 Å². The van der Waals surface area contributed by atoms with Gasteiger partial charge in [-0.05, 0) is 95.8 Å². The molecule has 11 heteroatoms. The molecule has 0 spiro atoms. The van der Waals surface area contributed by atoms with Crippen LogP contribution in [0, 0.1) is 0 Å². The Morgan fingerprint density at radius 3 is 2.08 bits per heavy atom. The predicted molar refractivity (Wildman–Crippen MR) is 206 cm³/mol. The molecule has 0 atom stereocenters. The molecule has 0 bridgehead atoms. The lowest BCUT2D eigenvalue weighted by Crippen LogP contribution is -2.41. The van der Waals surface area contributed by atoms with E-state index in [-0.39, 0.29) is 12.1 Å². The molecule has 0 radical (unpaired) electrons. The number of hydrogen-bond acceptors (Lipinski definition) is 4. The number of aryl methyl sites for hydroxylation is 2. The van der Waals surface area contributed by atoms with Crippen molar-refractivity contribution in [2.24, 2.45) is 0 Å². The van der Waals surface area contributed by atoms with Gasteiger partial charge in [0, 0.05) is 58.9 Å². The molecule has 1 saturated heterocycles.